The van der Waals surface area contributed by atoms with Crippen LogP contribution in [0.25, 0.3) is 11.0 Å². The lowest BCUT2D eigenvalue weighted by molar-refractivity contribution is -0.134. The number of aromatic nitrogens is 3. The molecule has 3 heterocycles. The quantitative estimate of drug-likeness (QED) is 0.608. The minimum absolute atomic E-state index is 0.00628. The van der Waals surface area contributed by atoms with E-state index in [1.807, 2.05) is 17.9 Å². The summed E-state index contributed by atoms with van der Waals surface area (Å²) in [7, 11) is 0. The van der Waals surface area contributed by atoms with Crippen LogP contribution in [0.2, 0.25) is 0 Å². The van der Waals surface area contributed by atoms with Crippen LogP contribution in [0.5, 0.6) is 11.5 Å². The number of likely N-dealkylation sites (tertiary alicyclic amines) is 1. The Bertz CT molecular complexity index is 1120. The number of benzene rings is 1. The van der Waals surface area contributed by atoms with Crippen LogP contribution in [0.15, 0.2) is 29.3 Å². The van der Waals surface area contributed by atoms with Gasteiger partial charge < -0.3 is 14.4 Å². The van der Waals surface area contributed by atoms with Gasteiger partial charge >= 0.3 is 0 Å². The Hall–Kier alpha value is -2.94. The molecule has 4 rings (SSSR count). The topological polar surface area (TPSA) is 86.0 Å². The number of hydrogen-bond acceptors (Lipinski definition) is 7. The van der Waals surface area contributed by atoms with E-state index in [2.05, 4.69) is 10.1 Å². The zero-order valence-electron chi connectivity index (χ0n) is 16.2. The Labute approximate surface area is 171 Å². The monoisotopic (exact) mass is 414 g/mol. The van der Waals surface area contributed by atoms with Crippen LogP contribution in [0.1, 0.15) is 31.7 Å². The molecule has 1 amide bonds. The Kier molecular flexibility index (Phi) is 5.75. The molecule has 0 saturated carbocycles. The summed E-state index contributed by atoms with van der Waals surface area (Å²) in [6, 6.07) is 5.40. The van der Waals surface area contributed by atoms with E-state index in [1.54, 1.807) is 18.2 Å². The Morgan fingerprint density at radius 2 is 2.03 bits per heavy atom. The lowest BCUT2D eigenvalue weighted by atomic mass is 10.1. The Morgan fingerprint density at radius 1 is 1.21 bits per heavy atom. The molecule has 0 unspecified atom stereocenters. The maximum absolute atomic E-state index is 12.4. The number of nitrogens with zero attached hydrogens (tertiary/aromatic N) is 4. The minimum Gasteiger partial charge on any atom is -0.490 e. The first-order valence-electron chi connectivity index (χ1n) is 9.67. The van der Waals surface area contributed by atoms with Crippen molar-refractivity contribution in [2.45, 2.75) is 26.2 Å². The largest absolute Gasteiger partial charge is 0.490 e. The average Bonchev–Trinajstić information content (AvgIpc) is 3.31. The van der Waals surface area contributed by atoms with Crippen molar-refractivity contribution in [2.24, 2.45) is 0 Å². The zero-order valence-corrected chi connectivity index (χ0v) is 17.0. The van der Waals surface area contributed by atoms with Crippen LogP contribution in [-0.2, 0) is 4.79 Å². The van der Waals surface area contributed by atoms with Crippen molar-refractivity contribution < 1.29 is 14.3 Å². The van der Waals surface area contributed by atoms with Crippen LogP contribution < -0.4 is 19.6 Å². The third-order valence-electron chi connectivity index (χ3n) is 4.75. The summed E-state index contributed by atoms with van der Waals surface area (Å²) in [5.41, 5.74) is 0.595. The summed E-state index contributed by atoms with van der Waals surface area (Å²) in [5, 5.41) is 3.92. The van der Waals surface area contributed by atoms with Crippen molar-refractivity contribution >= 4 is 28.3 Å². The molecule has 2 aromatic heterocycles. The second-order valence-corrected chi connectivity index (χ2v) is 7.75. The molecule has 1 aromatic carbocycles. The molecule has 1 saturated heterocycles. The number of amides is 1. The lowest BCUT2D eigenvalue weighted by Crippen LogP contribution is -2.38. The van der Waals surface area contributed by atoms with Crippen LogP contribution >= 0.6 is 11.3 Å². The van der Waals surface area contributed by atoms with Crippen LogP contribution in [0.4, 0.5) is 0 Å². The SMILES string of the molecule is CCOc1cc(/C=c2\sc3ncnn3c2=O)ccc1OCC(=O)N1CCCCC1. The molecule has 0 bridgehead atoms. The molecule has 0 atom stereocenters. The van der Waals surface area contributed by atoms with Crippen molar-refractivity contribution in [3.63, 3.8) is 0 Å². The molecule has 3 aromatic rings. The number of rotatable bonds is 6. The molecular formula is C20H22N4O4S. The third kappa shape index (κ3) is 4.24. The van der Waals surface area contributed by atoms with E-state index >= 15 is 0 Å². The molecule has 0 spiro atoms. The first kappa shape index (κ1) is 19.4. The van der Waals surface area contributed by atoms with Gasteiger partial charge in [-0.15, -0.1) is 0 Å². The van der Waals surface area contributed by atoms with E-state index in [0.717, 1.165) is 31.5 Å². The number of ether oxygens (including phenoxy) is 2. The van der Waals surface area contributed by atoms with Gasteiger partial charge in [-0.1, -0.05) is 17.4 Å². The highest BCUT2D eigenvalue weighted by Gasteiger charge is 2.17. The van der Waals surface area contributed by atoms with Crippen molar-refractivity contribution in [1.82, 2.24) is 19.5 Å². The number of fused-ring (bicyclic) bond motifs is 1. The maximum Gasteiger partial charge on any atom is 0.291 e. The van der Waals surface area contributed by atoms with E-state index in [-0.39, 0.29) is 18.1 Å². The lowest BCUT2D eigenvalue weighted by Gasteiger charge is -2.26. The van der Waals surface area contributed by atoms with E-state index in [1.165, 1.54) is 28.6 Å². The molecule has 1 aliphatic heterocycles. The van der Waals surface area contributed by atoms with Gasteiger partial charge in [0.1, 0.15) is 6.33 Å². The summed E-state index contributed by atoms with van der Waals surface area (Å²) >= 11 is 1.28. The maximum atomic E-state index is 12.4. The fraction of sp³-hybridized carbons (Fsp3) is 0.400. The molecule has 8 nitrogen and oxygen atoms in total. The summed E-state index contributed by atoms with van der Waals surface area (Å²) in [6.07, 6.45) is 6.40. The highest BCUT2D eigenvalue weighted by molar-refractivity contribution is 7.15. The van der Waals surface area contributed by atoms with Crippen LogP contribution in [0.3, 0.4) is 0 Å². The fourth-order valence-corrected chi connectivity index (χ4v) is 4.19. The number of thiazole rings is 1. The second-order valence-electron chi connectivity index (χ2n) is 6.74. The van der Waals surface area contributed by atoms with E-state index in [0.29, 0.717) is 27.6 Å². The summed E-state index contributed by atoms with van der Waals surface area (Å²) in [6.45, 7) is 3.93. The predicted octanol–water partition coefficient (Wildman–Crippen LogP) is 1.49. The second kappa shape index (κ2) is 8.60. The molecule has 29 heavy (non-hydrogen) atoms. The Balaban J connectivity index is 1.54. The summed E-state index contributed by atoms with van der Waals surface area (Å²) < 4.78 is 13.3. The molecule has 1 fully saturated rings. The molecular weight excluding hydrogens is 392 g/mol. The van der Waals surface area contributed by atoms with E-state index in [9.17, 15) is 9.59 Å². The Morgan fingerprint density at radius 3 is 2.79 bits per heavy atom. The normalized spacial score (nSPS) is 15.1. The van der Waals surface area contributed by atoms with Gasteiger partial charge in [0.25, 0.3) is 11.5 Å². The van der Waals surface area contributed by atoms with Crippen molar-refractivity contribution in [2.75, 3.05) is 26.3 Å². The van der Waals surface area contributed by atoms with Gasteiger partial charge in [-0.3, -0.25) is 9.59 Å². The zero-order chi connectivity index (χ0) is 20.2. The van der Waals surface area contributed by atoms with Crippen molar-refractivity contribution in [1.29, 1.82) is 0 Å². The van der Waals surface area contributed by atoms with Crippen molar-refractivity contribution in [3.05, 3.63) is 45.0 Å². The highest BCUT2D eigenvalue weighted by Crippen LogP contribution is 2.29. The highest BCUT2D eigenvalue weighted by atomic mass is 32.1. The standard InChI is InChI=1S/C20H22N4O4S/c1-2-27-16-10-14(11-17-19(26)24-20(29-17)21-13-22-24)6-7-15(16)28-12-18(25)23-8-4-3-5-9-23/h6-7,10-11,13H,2-5,8-9,12H2,1H3/b17-11-. The van der Waals surface area contributed by atoms with Gasteiger partial charge in [-0.2, -0.15) is 9.61 Å². The molecule has 0 radical (unpaired) electrons. The van der Waals surface area contributed by atoms with Gasteiger partial charge in [0.15, 0.2) is 18.1 Å². The van der Waals surface area contributed by atoms with Gasteiger partial charge in [0, 0.05) is 13.1 Å². The number of carbonyl (C=O) groups excluding carboxylic acids is 1. The van der Waals surface area contributed by atoms with Crippen molar-refractivity contribution in [3.8, 4) is 11.5 Å². The molecule has 0 aliphatic carbocycles. The van der Waals surface area contributed by atoms with Crippen LogP contribution in [-0.4, -0.2) is 51.7 Å². The fourth-order valence-electron chi connectivity index (χ4n) is 3.30. The predicted molar refractivity (Wildman–Crippen MR) is 109 cm³/mol. The van der Waals surface area contributed by atoms with Crippen LogP contribution in [0, 0.1) is 0 Å². The average molecular weight is 414 g/mol. The molecule has 1 aliphatic rings. The summed E-state index contributed by atoms with van der Waals surface area (Å²) in [5.74, 6) is 1.05. The van der Waals surface area contributed by atoms with E-state index in [4.69, 9.17) is 9.47 Å². The number of piperidine rings is 1. The third-order valence-corrected chi connectivity index (χ3v) is 5.72. The van der Waals surface area contributed by atoms with Gasteiger partial charge in [0.05, 0.1) is 11.1 Å². The first-order valence-corrected chi connectivity index (χ1v) is 10.5. The molecule has 9 heteroatoms. The number of carbonyl (C=O) groups is 1. The van der Waals surface area contributed by atoms with Gasteiger partial charge in [-0.05, 0) is 50.0 Å². The minimum atomic E-state index is -0.201. The molecule has 152 valence electrons. The summed E-state index contributed by atoms with van der Waals surface area (Å²) in [4.78, 5) is 31.2. The van der Waals surface area contributed by atoms with Gasteiger partial charge in [-0.25, -0.2) is 4.98 Å². The number of hydrogen-bond donors (Lipinski definition) is 0. The smallest absolute Gasteiger partial charge is 0.291 e. The van der Waals surface area contributed by atoms with Gasteiger partial charge in [0.2, 0.25) is 4.96 Å². The van der Waals surface area contributed by atoms with E-state index < -0.39 is 0 Å². The first-order chi connectivity index (χ1) is 14.2. The molecule has 0 N–H and O–H groups in total.